The van der Waals surface area contributed by atoms with E-state index in [1.54, 1.807) is 11.8 Å². The van der Waals surface area contributed by atoms with Gasteiger partial charge < -0.3 is 19.1 Å². The molecule has 1 aromatic rings. The van der Waals surface area contributed by atoms with Crippen LogP contribution in [0.1, 0.15) is 51.1 Å². The van der Waals surface area contributed by atoms with Gasteiger partial charge in [-0.15, -0.1) is 0 Å². The first-order valence-electron chi connectivity index (χ1n) is 9.72. The van der Waals surface area contributed by atoms with Crippen LogP contribution in [0.25, 0.3) is 0 Å². The number of rotatable bonds is 5. The zero-order chi connectivity index (χ0) is 20.3. The third kappa shape index (κ3) is 5.65. The summed E-state index contributed by atoms with van der Waals surface area (Å²) >= 11 is 1.39. The van der Waals surface area contributed by atoms with Crippen LogP contribution in [0.3, 0.4) is 0 Å². The standard InChI is InChI=1S/C19H29N3O5S/c1-12(26-11-13-6-5-9-25-13)16(23)21-17-20-14-7-8-22(10-15(14)28-17)18(24)27-19(2,3)4/h12-13H,5-11H2,1-4H3,(H,20,21,23). The molecule has 0 aromatic carbocycles. The second-order valence-electron chi connectivity index (χ2n) is 8.14. The van der Waals surface area contributed by atoms with Crippen molar-refractivity contribution in [1.29, 1.82) is 0 Å². The number of ether oxygens (including phenoxy) is 3. The molecule has 9 heteroatoms. The van der Waals surface area contributed by atoms with Gasteiger partial charge >= 0.3 is 6.09 Å². The average Bonchev–Trinajstić information content (AvgIpc) is 3.26. The lowest BCUT2D eigenvalue weighted by molar-refractivity contribution is -0.128. The van der Waals surface area contributed by atoms with Crippen LogP contribution in [0, 0.1) is 0 Å². The summed E-state index contributed by atoms with van der Waals surface area (Å²) in [5.41, 5.74) is 0.400. The van der Waals surface area contributed by atoms with E-state index >= 15 is 0 Å². The van der Waals surface area contributed by atoms with Crippen LogP contribution in [0.4, 0.5) is 9.93 Å². The van der Waals surface area contributed by atoms with Crippen LogP contribution in [-0.2, 0) is 32.0 Å². The van der Waals surface area contributed by atoms with Crippen molar-refractivity contribution in [2.75, 3.05) is 25.1 Å². The van der Waals surface area contributed by atoms with Crippen LogP contribution in [0.15, 0.2) is 0 Å². The van der Waals surface area contributed by atoms with Crippen LogP contribution in [-0.4, -0.2) is 59.5 Å². The molecule has 28 heavy (non-hydrogen) atoms. The summed E-state index contributed by atoms with van der Waals surface area (Å²) in [5, 5.41) is 3.36. The number of anilines is 1. The van der Waals surface area contributed by atoms with Crippen LogP contribution >= 0.6 is 11.3 Å². The molecule has 0 radical (unpaired) electrons. The summed E-state index contributed by atoms with van der Waals surface area (Å²) in [6.45, 7) is 9.46. The number of carbonyl (C=O) groups excluding carboxylic acids is 2. The number of hydrogen-bond donors (Lipinski definition) is 1. The van der Waals surface area contributed by atoms with Crippen molar-refractivity contribution < 1.29 is 23.8 Å². The lowest BCUT2D eigenvalue weighted by Crippen LogP contribution is -2.39. The number of carbonyl (C=O) groups is 2. The third-order valence-corrected chi connectivity index (χ3v) is 5.54. The Labute approximate surface area is 169 Å². The van der Waals surface area contributed by atoms with Crippen molar-refractivity contribution in [3.8, 4) is 0 Å². The van der Waals surface area contributed by atoms with E-state index in [2.05, 4.69) is 10.3 Å². The molecule has 0 aliphatic carbocycles. The summed E-state index contributed by atoms with van der Waals surface area (Å²) in [6, 6.07) is 0. The Morgan fingerprint density at radius 2 is 2.21 bits per heavy atom. The normalized spacial score (nSPS) is 20.6. The van der Waals surface area contributed by atoms with Crippen molar-refractivity contribution in [3.63, 3.8) is 0 Å². The minimum atomic E-state index is -0.580. The molecule has 1 N–H and O–H groups in total. The maximum atomic E-state index is 12.4. The number of thiazole rings is 1. The van der Waals surface area contributed by atoms with Crippen molar-refractivity contribution >= 4 is 28.5 Å². The molecule has 1 fully saturated rings. The summed E-state index contributed by atoms with van der Waals surface area (Å²) in [5.74, 6) is -0.229. The number of aromatic nitrogens is 1. The first kappa shape index (κ1) is 21.0. The van der Waals surface area contributed by atoms with Gasteiger partial charge in [-0.2, -0.15) is 0 Å². The van der Waals surface area contributed by atoms with Crippen LogP contribution in [0.2, 0.25) is 0 Å². The summed E-state index contributed by atoms with van der Waals surface area (Å²) in [6.07, 6.45) is 1.84. The van der Waals surface area contributed by atoms with E-state index in [-0.39, 0.29) is 18.1 Å². The van der Waals surface area contributed by atoms with Gasteiger partial charge in [0.1, 0.15) is 11.7 Å². The highest BCUT2D eigenvalue weighted by Crippen LogP contribution is 2.29. The summed E-state index contributed by atoms with van der Waals surface area (Å²) in [4.78, 5) is 31.8. The fraction of sp³-hybridized carbons (Fsp3) is 0.737. The number of amides is 2. The molecule has 0 bridgehead atoms. The zero-order valence-corrected chi connectivity index (χ0v) is 17.8. The van der Waals surface area contributed by atoms with Gasteiger partial charge in [0.25, 0.3) is 5.91 Å². The number of hydrogen-bond acceptors (Lipinski definition) is 7. The Morgan fingerprint density at radius 3 is 2.89 bits per heavy atom. The minimum absolute atomic E-state index is 0.0845. The number of nitrogens with zero attached hydrogens (tertiary/aromatic N) is 2. The minimum Gasteiger partial charge on any atom is -0.444 e. The van der Waals surface area contributed by atoms with E-state index in [1.807, 2.05) is 20.8 Å². The molecule has 0 spiro atoms. The third-order valence-electron chi connectivity index (χ3n) is 4.54. The molecule has 8 nitrogen and oxygen atoms in total. The predicted molar refractivity (Wildman–Crippen MR) is 105 cm³/mol. The smallest absolute Gasteiger partial charge is 0.410 e. The molecule has 2 aliphatic heterocycles. The molecule has 1 aromatic heterocycles. The van der Waals surface area contributed by atoms with Gasteiger partial charge in [0.2, 0.25) is 0 Å². The van der Waals surface area contributed by atoms with Crippen LogP contribution < -0.4 is 5.32 Å². The molecule has 3 heterocycles. The van der Waals surface area contributed by atoms with E-state index in [9.17, 15) is 9.59 Å². The lowest BCUT2D eigenvalue weighted by Gasteiger charge is -2.29. The average molecular weight is 412 g/mol. The maximum absolute atomic E-state index is 12.4. The second-order valence-corrected chi connectivity index (χ2v) is 9.22. The first-order valence-corrected chi connectivity index (χ1v) is 10.5. The van der Waals surface area contributed by atoms with E-state index in [0.717, 1.165) is 30.0 Å². The van der Waals surface area contributed by atoms with Crippen molar-refractivity contribution in [2.24, 2.45) is 0 Å². The van der Waals surface area contributed by atoms with Crippen molar-refractivity contribution in [2.45, 2.75) is 71.3 Å². The highest BCUT2D eigenvalue weighted by Gasteiger charge is 2.28. The monoisotopic (exact) mass is 411 g/mol. The fourth-order valence-electron chi connectivity index (χ4n) is 3.04. The predicted octanol–water partition coefficient (Wildman–Crippen LogP) is 2.96. The lowest BCUT2D eigenvalue weighted by atomic mass is 10.2. The fourth-order valence-corrected chi connectivity index (χ4v) is 4.07. The number of nitrogens with one attached hydrogen (secondary N) is 1. The van der Waals surface area contributed by atoms with Gasteiger partial charge in [-0.05, 0) is 40.5 Å². The molecule has 0 saturated carbocycles. The van der Waals surface area contributed by atoms with Gasteiger partial charge in [0.05, 0.1) is 24.9 Å². The topological polar surface area (TPSA) is 90.0 Å². The van der Waals surface area contributed by atoms with Crippen molar-refractivity contribution in [3.05, 3.63) is 10.6 Å². The maximum Gasteiger partial charge on any atom is 0.410 e. The Kier molecular flexibility index (Phi) is 6.57. The second kappa shape index (κ2) is 8.75. The van der Waals surface area contributed by atoms with Crippen molar-refractivity contribution in [1.82, 2.24) is 9.88 Å². The Morgan fingerprint density at radius 1 is 1.43 bits per heavy atom. The van der Waals surface area contributed by atoms with Gasteiger partial charge in [-0.25, -0.2) is 9.78 Å². The highest BCUT2D eigenvalue weighted by molar-refractivity contribution is 7.15. The quantitative estimate of drug-likeness (QED) is 0.801. The van der Waals surface area contributed by atoms with E-state index in [4.69, 9.17) is 14.2 Å². The first-order chi connectivity index (χ1) is 13.2. The summed E-state index contributed by atoms with van der Waals surface area (Å²) in [7, 11) is 0. The number of fused-ring (bicyclic) bond motifs is 1. The Hall–Kier alpha value is -1.71. The SMILES string of the molecule is CC(OCC1CCCO1)C(=O)Nc1nc2c(s1)CN(C(=O)OC(C)(C)C)CC2. The molecule has 2 unspecified atom stereocenters. The van der Waals surface area contributed by atoms with E-state index in [1.165, 1.54) is 11.3 Å². The van der Waals surface area contributed by atoms with Gasteiger partial charge in [-0.3, -0.25) is 10.1 Å². The van der Waals surface area contributed by atoms with Gasteiger partial charge in [0, 0.05) is 24.4 Å². The summed E-state index contributed by atoms with van der Waals surface area (Å²) < 4.78 is 16.6. The largest absolute Gasteiger partial charge is 0.444 e. The molecular formula is C19H29N3O5S. The molecular weight excluding hydrogens is 382 g/mol. The van der Waals surface area contributed by atoms with E-state index < -0.39 is 11.7 Å². The molecule has 3 rings (SSSR count). The van der Waals surface area contributed by atoms with Gasteiger partial charge in [-0.1, -0.05) is 11.3 Å². The van der Waals surface area contributed by atoms with Gasteiger partial charge in [0.15, 0.2) is 5.13 Å². The molecule has 2 aliphatic rings. The molecule has 1 saturated heterocycles. The molecule has 2 amide bonds. The van der Waals surface area contributed by atoms with E-state index in [0.29, 0.717) is 31.2 Å². The zero-order valence-electron chi connectivity index (χ0n) is 16.9. The molecule has 2 atom stereocenters. The van der Waals surface area contributed by atoms with Crippen LogP contribution in [0.5, 0.6) is 0 Å². The highest BCUT2D eigenvalue weighted by atomic mass is 32.1. The Bertz CT molecular complexity index is 709. The molecule has 156 valence electrons. The Balaban J connectivity index is 1.52.